The van der Waals surface area contributed by atoms with Gasteiger partial charge in [0.1, 0.15) is 0 Å². The molecule has 1 aliphatic carbocycles. The fourth-order valence-corrected chi connectivity index (χ4v) is 4.43. The van der Waals surface area contributed by atoms with Crippen molar-refractivity contribution in [2.45, 2.75) is 38.1 Å². The van der Waals surface area contributed by atoms with E-state index in [0.717, 1.165) is 19.4 Å². The van der Waals surface area contributed by atoms with E-state index in [-0.39, 0.29) is 40.8 Å². The zero-order chi connectivity index (χ0) is 18.3. The number of piperidine rings is 1. The summed E-state index contributed by atoms with van der Waals surface area (Å²) in [5.74, 6) is 0.649. The Labute approximate surface area is 153 Å². The molecule has 2 bridgehead atoms. The van der Waals surface area contributed by atoms with Gasteiger partial charge in [0.2, 0.25) is 5.91 Å². The first-order chi connectivity index (χ1) is 12.6. The minimum atomic E-state index is -0.225. The van der Waals surface area contributed by atoms with Crippen LogP contribution in [0.4, 0.5) is 0 Å². The molecule has 1 N–H and O–H groups in total. The van der Waals surface area contributed by atoms with E-state index >= 15 is 0 Å². The molecule has 2 unspecified atom stereocenters. The number of aromatic hydroxyl groups is 1. The molecule has 6 nitrogen and oxygen atoms in total. The third-order valence-corrected chi connectivity index (χ3v) is 6.21. The van der Waals surface area contributed by atoms with Gasteiger partial charge in [-0.1, -0.05) is 12.5 Å². The molecular weight excluding hydrogens is 332 g/mol. The first-order valence-corrected chi connectivity index (χ1v) is 9.54. The molecule has 3 heterocycles. The van der Waals surface area contributed by atoms with E-state index in [1.54, 1.807) is 23.1 Å². The molecule has 2 atom stereocenters. The van der Waals surface area contributed by atoms with Gasteiger partial charge < -0.3 is 19.6 Å². The maximum atomic E-state index is 13.0. The lowest BCUT2D eigenvalue weighted by Gasteiger charge is -2.40. The summed E-state index contributed by atoms with van der Waals surface area (Å²) >= 11 is 0. The van der Waals surface area contributed by atoms with Crippen molar-refractivity contribution >= 4 is 11.8 Å². The van der Waals surface area contributed by atoms with Crippen molar-refractivity contribution in [3.63, 3.8) is 0 Å². The van der Waals surface area contributed by atoms with Crippen molar-refractivity contribution in [3.8, 4) is 11.5 Å². The summed E-state index contributed by atoms with van der Waals surface area (Å²) < 4.78 is 5.12. The normalized spacial score (nSPS) is 25.8. The lowest BCUT2D eigenvalue weighted by atomic mass is 9.83. The van der Waals surface area contributed by atoms with Crippen LogP contribution in [0.25, 0.3) is 0 Å². The number of para-hydroxylation sites is 1. The van der Waals surface area contributed by atoms with Crippen LogP contribution >= 0.6 is 0 Å². The number of ether oxygens (including phenoxy) is 1. The Bertz CT molecular complexity index is 716. The van der Waals surface area contributed by atoms with Crippen LogP contribution in [-0.4, -0.2) is 59.5 Å². The van der Waals surface area contributed by atoms with Crippen LogP contribution in [0.5, 0.6) is 11.5 Å². The number of carbonyl (C=O) groups excluding carboxylic acids is 2. The van der Waals surface area contributed by atoms with Crippen LogP contribution in [0.1, 0.15) is 42.5 Å². The highest BCUT2D eigenvalue weighted by molar-refractivity contribution is 5.98. The molecule has 26 heavy (non-hydrogen) atoms. The van der Waals surface area contributed by atoms with E-state index < -0.39 is 0 Å². The van der Waals surface area contributed by atoms with E-state index in [1.807, 2.05) is 4.90 Å². The van der Waals surface area contributed by atoms with Crippen molar-refractivity contribution in [3.05, 3.63) is 23.8 Å². The number of carbonyl (C=O) groups is 2. The van der Waals surface area contributed by atoms with Gasteiger partial charge in [-0.2, -0.15) is 0 Å². The Balaban J connectivity index is 1.55. The van der Waals surface area contributed by atoms with Crippen LogP contribution in [0.15, 0.2) is 18.2 Å². The second-order valence-corrected chi connectivity index (χ2v) is 7.78. The van der Waals surface area contributed by atoms with Crippen LogP contribution < -0.4 is 4.74 Å². The molecule has 3 saturated heterocycles. The number of benzene rings is 1. The van der Waals surface area contributed by atoms with Gasteiger partial charge in [-0.05, 0) is 43.7 Å². The number of hydrogen-bond acceptors (Lipinski definition) is 4. The monoisotopic (exact) mass is 358 g/mol. The zero-order valence-corrected chi connectivity index (χ0v) is 15.2. The van der Waals surface area contributed by atoms with E-state index in [2.05, 4.69) is 0 Å². The second-order valence-electron chi connectivity index (χ2n) is 7.78. The van der Waals surface area contributed by atoms with Gasteiger partial charge >= 0.3 is 0 Å². The average molecular weight is 358 g/mol. The van der Waals surface area contributed by atoms with Crippen LogP contribution in [-0.2, 0) is 4.79 Å². The topological polar surface area (TPSA) is 70.1 Å². The van der Waals surface area contributed by atoms with Gasteiger partial charge in [-0.3, -0.25) is 9.59 Å². The van der Waals surface area contributed by atoms with Crippen molar-refractivity contribution in [1.29, 1.82) is 0 Å². The van der Waals surface area contributed by atoms with Crippen molar-refractivity contribution in [2.75, 3.05) is 26.7 Å². The lowest BCUT2D eigenvalue weighted by Crippen LogP contribution is -2.50. The number of hydrogen-bond donors (Lipinski definition) is 1. The summed E-state index contributed by atoms with van der Waals surface area (Å²) in [6, 6.07) is 5.04. The van der Waals surface area contributed by atoms with Crippen LogP contribution in [0, 0.1) is 11.8 Å². The molecule has 3 aliphatic heterocycles. The Kier molecular flexibility index (Phi) is 4.51. The minimum absolute atomic E-state index is 0.0959. The molecule has 5 rings (SSSR count). The quantitative estimate of drug-likeness (QED) is 0.896. The molecule has 2 amide bonds. The van der Waals surface area contributed by atoms with Crippen LogP contribution in [0.2, 0.25) is 0 Å². The molecular formula is C20H26N2O4. The standard InChI is InChI=1S/C20H26N2O4/c1-26-17-7-3-6-16(18(17)23)20(25)21-11-14-8-9-15(12-21)22(19(14)24)10-13-4-2-5-13/h3,6-7,13-15,23H,2,4-5,8-12H2,1H3. The largest absolute Gasteiger partial charge is 0.504 e. The predicted octanol–water partition coefficient (Wildman–Crippen LogP) is 2.26. The second kappa shape index (κ2) is 6.82. The molecule has 0 spiro atoms. The summed E-state index contributed by atoms with van der Waals surface area (Å²) in [7, 11) is 1.46. The fraction of sp³-hybridized carbons (Fsp3) is 0.600. The minimum Gasteiger partial charge on any atom is -0.504 e. The van der Waals surface area contributed by atoms with E-state index in [0.29, 0.717) is 19.0 Å². The highest BCUT2D eigenvalue weighted by Gasteiger charge is 2.43. The summed E-state index contributed by atoms with van der Waals surface area (Å²) in [4.78, 5) is 29.7. The summed E-state index contributed by atoms with van der Waals surface area (Å²) in [5, 5.41) is 10.3. The number of phenols is 1. The SMILES string of the molecule is COc1cccc(C(=O)N2CC3CCC(C2)N(CC2CCC2)C3=O)c1O. The van der Waals surface area contributed by atoms with Crippen LogP contribution in [0.3, 0.4) is 0 Å². The first-order valence-electron chi connectivity index (χ1n) is 9.54. The van der Waals surface area contributed by atoms with E-state index in [9.17, 15) is 14.7 Å². The van der Waals surface area contributed by atoms with E-state index in [4.69, 9.17) is 4.74 Å². The van der Waals surface area contributed by atoms with Gasteiger partial charge in [0.15, 0.2) is 11.5 Å². The molecule has 0 aromatic heterocycles. The Morgan fingerprint density at radius 1 is 1.23 bits per heavy atom. The average Bonchev–Trinajstić information content (AvgIpc) is 2.89. The van der Waals surface area contributed by atoms with Gasteiger partial charge in [-0.15, -0.1) is 0 Å². The summed E-state index contributed by atoms with van der Waals surface area (Å²) in [5.41, 5.74) is 0.239. The number of phenolic OH excluding ortho intramolecular Hbond substituents is 1. The van der Waals surface area contributed by atoms with Gasteiger partial charge in [0, 0.05) is 25.7 Å². The first kappa shape index (κ1) is 17.2. The molecule has 6 heteroatoms. The number of nitrogens with zero attached hydrogens (tertiary/aromatic N) is 2. The molecule has 4 aliphatic rings. The molecule has 1 aromatic rings. The summed E-state index contributed by atoms with van der Waals surface area (Å²) in [6.07, 6.45) is 5.49. The van der Waals surface area contributed by atoms with Crippen molar-refractivity contribution in [2.24, 2.45) is 11.8 Å². The highest BCUT2D eigenvalue weighted by Crippen LogP contribution is 2.36. The maximum absolute atomic E-state index is 13.0. The number of fused-ring (bicyclic) bond motifs is 4. The Morgan fingerprint density at radius 2 is 2.04 bits per heavy atom. The van der Waals surface area contributed by atoms with Crippen molar-refractivity contribution < 1.29 is 19.4 Å². The maximum Gasteiger partial charge on any atom is 0.257 e. The lowest BCUT2D eigenvalue weighted by molar-refractivity contribution is -0.141. The van der Waals surface area contributed by atoms with Gasteiger partial charge in [0.25, 0.3) is 5.91 Å². The number of rotatable bonds is 4. The highest BCUT2D eigenvalue weighted by atomic mass is 16.5. The third kappa shape index (κ3) is 2.91. The molecule has 140 valence electrons. The van der Waals surface area contributed by atoms with Crippen molar-refractivity contribution in [1.82, 2.24) is 9.80 Å². The van der Waals surface area contributed by atoms with E-state index in [1.165, 1.54) is 26.4 Å². The molecule has 4 fully saturated rings. The number of amides is 2. The number of methoxy groups -OCH3 is 1. The Morgan fingerprint density at radius 3 is 2.73 bits per heavy atom. The van der Waals surface area contributed by atoms with Gasteiger partial charge in [-0.25, -0.2) is 0 Å². The Hall–Kier alpha value is -2.24. The summed E-state index contributed by atoms with van der Waals surface area (Å²) in [6.45, 7) is 1.82. The van der Waals surface area contributed by atoms with Gasteiger partial charge in [0.05, 0.1) is 18.6 Å². The third-order valence-electron chi connectivity index (χ3n) is 6.21. The molecule has 1 aromatic carbocycles. The molecule has 1 saturated carbocycles. The predicted molar refractivity (Wildman–Crippen MR) is 96.1 cm³/mol. The molecule has 0 radical (unpaired) electrons. The fourth-order valence-electron chi connectivity index (χ4n) is 4.43. The zero-order valence-electron chi connectivity index (χ0n) is 15.2. The smallest absolute Gasteiger partial charge is 0.257 e.